The van der Waals surface area contributed by atoms with E-state index in [1.165, 1.54) is 6.07 Å². The molecule has 0 radical (unpaired) electrons. The summed E-state index contributed by atoms with van der Waals surface area (Å²) < 4.78 is 13.4. The Morgan fingerprint density at radius 1 is 1.26 bits per heavy atom. The van der Waals surface area contributed by atoms with Crippen LogP contribution in [0, 0.1) is 5.82 Å². The lowest BCUT2D eigenvalue weighted by atomic mass is 10.1. The van der Waals surface area contributed by atoms with Crippen molar-refractivity contribution in [3.63, 3.8) is 0 Å². The zero-order valence-corrected chi connectivity index (χ0v) is 12.0. The van der Waals surface area contributed by atoms with Crippen LogP contribution < -0.4 is 5.73 Å². The number of hydrogen-bond acceptors (Lipinski definition) is 3. The van der Waals surface area contributed by atoms with Crippen LogP contribution in [0.25, 0.3) is 0 Å². The molecule has 1 aromatic carbocycles. The molecule has 1 aliphatic heterocycles. The Labute approximate surface area is 119 Å². The number of nitrogens with zero attached hydrogens (tertiary/aromatic N) is 2. The third-order valence-corrected chi connectivity index (χ3v) is 3.86. The fraction of sp³-hybridized carbons (Fsp3) is 0.500. The fourth-order valence-electron chi connectivity index (χ4n) is 2.44. The van der Waals surface area contributed by atoms with Gasteiger partial charge in [0.15, 0.2) is 0 Å². The number of rotatable bonds is 4. The van der Waals surface area contributed by atoms with Gasteiger partial charge in [0.2, 0.25) is 0 Å². The molecule has 2 rings (SSSR count). The van der Waals surface area contributed by atoms with Crippen molar-refractivity contribution < 1.29 is 4.39 Å². The molecule has 0 atom stereocenters. The number of nitrogens with two attached hydrogens (primary N) is 1. The maximum Gasteiger partial charge on any atom is 0.123 e. The van der Waals surface area contributed by atoms with Gasteiger partial charge in [-0.2, -0.15) is 0 Å². The van der Waals surface area contributed by atoms with Crippen molar-refractivity contribution in [3.05, 3.63) is 35.1 Å². The zero-order chi connectivity index (χ0) is 13.8. The molecule has 0 amide bonds. The molecule has 0 spiro atoms. The predicted molar refractivity (Wildman–Crippen MR) is 79.7 cm³/mol. The highest BCUT2D eigenvalue weighted by Crippen LogP contribution is 2.15. The van der Waals surface area contributed by atoms with Crippen molar-refractivity contribution in [2.45, 2.75) is 13.5 Å². The molecule has 0 saturated carbocycles. The fourth-order valence-corrected chi connectivity index (χ4v) is 2.64. The maximum absolute atomic E-state index is 13.4. The van der Waals surface area contributed by atoms with E-state index in [-0.39, 0.29) is 5.82 Å². The molecular formula is C14H20FN3S. The van der Waals surface area contributed by atoms with Crippen LogP contribution in [0.15, 0.2) is 18.2 Å². The Kier molecular flexibility index (Phi) is 4.85. The average Bonchev–Trinajstić information content (AvgIpc) is 2.39. The van der Waals surface area contributed by atoms with Crippen LogP contribution in [-0.4, -0.2) is 47.5 Å². The molecule has 1 fully saturated rings. The molecule has 1 saturated heterocycles. The third-order valence-electron chi connectivity index (χ3n) is 3.64. The Morgan fingerprint density at radius 2 is 1.89 bits per heavy atom. The molecule has 3 nitrogen and oxygen atoms in total. The van der Waals surface area contributed by atoms with E-state index in [0.717, 1.165) is 43.9 Å². The summed E-state index contributed by atoms with van der Waals surface area (Å²) in [5.74, 6) is -0.234. The minimum atomic E-state index is -0.234. The second-order valence-electron chi connectivity index (χ2n) is 4.88. The first-order chi connectivity index (χ1) is 9.10. The summed E-state index contributed by atoms with van der Waals surface area (Å²) in [5, 5.41) is 0. The van der Waals surface area contributed by atoms with Crippen LogP contribution in [0.3, 0.4) is 0 Å². The monoisotopic (exact) mass is 281 g/mol. The van der Waals surface area contributed by atoms with Gasteiger partial charge < -0.3 is 10.6 Å². The van der Waals surface area contributed by atoms with Gasteiger partial charge in [-0.05, 0) is 30.3 Å². The highest BCUT2D eigenvalue weighted by atomic mass is 32.1. The minimum absolute atomic E-state index is 0.234. The second kappa shape index (κ2) is 6.41. The van der Waals surface area contributed by atoms with E-state index in [2.05, 4.69) is 16.7 Å². The van der Waals surface area contributed by atoms with Crippen molar-refractivity contribution in [3.8, 4) is 0 Å². The molecule has 1 heterocycles. The first-order valence-corrected chi connectivity index (χ1v) is 7.04. The van der Waals surface area contributed by atoms with Gasteiger partial charge in [0.05, 0.1) is 0 Å². The molecule has 0 aromatic heterocycles. The summed E-state index contributed by atoms with van der Waals surface area (Å²) in [4.78, 5) is 5.07. The standard InChI is InChI=1S/C14H20FN3S/c1-2-17-5-7-18(8-6-17)10-11-9-12(15)3-4-13(11)14(16)19/h3-4,9H,2,5-8,10H2,1H3,(H2,16,19). The minimum Gasteiger partial charge on any atom is -0.389 e. The first kappa shape index (κ1) is 14.4. The second-order valence-corrected chi connectivity index (χ2v) is 5.32. The van der Waals surface area contributed by atoms with Crippen molar-refractivity contribution in [1.29, 1.82) is 0 Å². The summed E-state index contributed by atoms with van der Waals surface area (Å²) in [6.45, 7) is 8.10. The summed E-state index contributed by atoms with van der Waals surface area (Å²) in [6.07, 6.45) is 0. The van der Waals surface area contributed by atoms with Crippen LogP contribution >= 0.6 is 12.2 Å². The summed E-state index contributed by atoms with van der Waals surface area (Å²) in [6, 6.07) is 4.63. The van der Waals surface area contributed by atoms with Gasteiger partial charge >= 0.3 is 0 Å². The third kappa shape index (κ3) is 3.72. The Morgan fingerprint density at radius 3 is 2.47 bits per heavy atom. The average molecular weight is 281 g/mol. The normalized spacial score (nSPS) is 17.6. The van der Waals surface area contributed by atoms with Gasteiger partial charge in [0.25, 0.3) is 0 Å². The maximum atomic E-state index is 13.4. The summed E-state index contributed by atoms with van der Waals surface area (Å²) in [7, 11) is 0. The number of halogens is 1. The van der Waals surface area contributed by atoms with E-state index in [1.807, 2.05) is 0 Å². The molecular weight excluding hydrogens is 261 g/mol. The van der Waals surface area contributed by atoms with Crippen LogP contribution in [0.2, 0.25) is 0 Å². The van der Waals surface area contributed by atoms with Crippen molar-refractivity contribution in [1.82, 2.24) is 9.80 Å². The quantitative estimate of drug-likeness (QED) is 0.850. The van der Waals surface area contributed by atoms with E-state index in [1.54, 1.807) is 12.1 Å². The SMILES string of the molecule is CCN1CCN(Cc2cc(F)ccc2C(N)=S)CC1. The van der Waals surface area contributed by atoms with Gasteiger partial charge in [-0.3, -0.25) is 4.90 Å². The molecule has 0 aliphatic carbocycles. The van der Waals surface area contributed by atoms with Gasteiger partial charge in [0.1, 0.15) is 10.8 Å². The Hall–Kier alpha value is -1.04. The Bertz CT molecular complexity index is 456. The van der Waals surface area contributed by atoms with E-state index >= 15 is 0 Å². The largest absolute Gasteiger partial charge is 0.389 e. The number of hydrogen-bond donors (Lipinski definition) is 1. The number of benzene rings is 1. The number of thiocarbonyl (C=S) groups is 1. The highest BCUT2D eigenvalue weighted by molar-refractivity contribution is 7.80. The molecule has 0 bridgehead atoms. The topological polar surface area (TPSA) is 32.5 Å². The predicted octanol–water partition coefficient (Wildman–Crippen LogP) is 1.60. The number of piperazine rings is 1. The van der Waals surface area contributed by atoms with Crippen LogP contribution in [0.5, 0.6) is 0 Å². The van der Waals surface area contributed by atoms with Crippen LogP contribution in [0.4, 0.5) is 4.39 Å². The molecule has 19 heavy (non-hydrogen) atoms. The van der Waals surface area contributed by atoms with Gasteiger partial charge in [-0.15, -0.1) is 0 Å². The first-order valence-electron chi connectivity index (χ1n) is 6.63. The van der Waals surface area contributed by atoms with Crippen molar-refractivity contribution in [2.75, 3.05) is 32.7 Å². The van der Waals surface area contributed by atoms with E-state index in [9.17, 15) is 4.39 Å². The molecule has 104 valence electrons. The van der Waals surface area contributed by atoms with E-state index in [0.29, 0.717) is 11.5 Å². The smallest absolute Gasteiger partial charge is 0.123 e. The molecule has 5 heteroatoms. The Balaban J connectivity index is 2.06. The van der Waals surface area contributed by atoms with Gasteiger partial charge in [-0.1, -0.05) is 19.1 Å². The lowest BCUT2D eigenvalue weighted by Gasteiger charge is -2.34. The summed E-state index contributed by atoms with van der Waals surface area (Å²) in [5.41, 5.74) is 7.37. The van der Waals surface area contributed by atoms with E-state index in [4.69, 9.17) is 18.0 Å². The van der Waals surface area contributed by atoms with Gasteiger partial charge in [0, 0.05) is 38.3 Å². The van der Waals surface area contributed by atoms with Crippen LogP contribution in [-0.2, 0) is 6.54 Å². The lowest BCUT2D eigenvalue weighted by Crippen LogP contribution is -2.45. The molecule has 2 N–H and O–H groups in total. The summed E-state index contributed by atoms with van der Waals surface area (Å²) >= 11 is 5.03. The van der Waals surface area contributed by atoms with E-state index < -0.39 is 0 Å². The molecule has 1 aliphatic rings. The van der Waals surface area contributed by atoms with Gasteiger partial charge in [-0.25, -0.2) is 4.39 Å². The lowest BCUT2D eigenvalue weighted by molar-refractivity contribution is 0.132. The van der Waals surface area contributed by atoms with Crippen LogP contribution in [0.1, 0.15) is 18.1 Å². The molecule has 0 unspecified atom stereocenters. The van der Waals surface area contributed by atoms with Crippen molar-refractivity contribution >= 4 is 17.2 Å². The zero-order valence-electron chi connectivity index (χ0n) is 11.2. The highest BCUT2D eigenvalue weighted by Gasteiger charge is 2.17. The van der Waals surface area contributed by atoms with Crippen molar-refractivity contribution in [2.24, 2.45) is 5.73 Å². The molecule has 1 aromatic rings. The number of likely N-dealkylation sites (N-methyl/N-ethyl adjacent to an activating group) is 1.